The number of unbranched alkanes of at least 4 members (excludes halogenated alkanes) is 1. The quantitative estimate of drug-likeness (QED) is 0.299. The maximum atomic E-state index is 10.0. The molecule has 2 nitrogen and oxygen atoms in total. The Morgan fingerprint density at radius 3 is 2.38 bits per heavy atom. The number of carboxylic acid groups (broad SMARTS) is 1. The van der Waals surface area contributed by atoms with E-state index < -0.39 is 5.97 Å². The van der Waals surface area contributed by atoms with Crippen LogP contribution in [0.15, 0.2) is 0 Å². The van der Waals surface area contributed by atoms with E-state index in [2.05, 4.69) is 25.3 Å². The molecule has 0 radical (unpaired) electrons. The van der Waals surface area contributed by atoms with Crippen LogP contribution in [0.1, 0.15) is 32.1 Å². The normalized spacial score (nSPS) is 11.8. The number of hydrogen-bond acceptors (Lipinski definition) is 4. The smallest absolute Gasteiger partial charge is 0.550 e. The molecule has 0 rings (SSSR count). The third-order valence-corrected chi connectivity index (χ3v) is 2.41. The third kappa shape index (κ3) is 13.2. The van der Waals surface area contributed by atoms with E-state index in [0.29, 0.717) is 11.7 Å². The molecule has 0 saturated heterocycles. The summed E-state index contributed by atoms with van der Waals surface area (Å²) in [5.74, 6) is -0.116. The van der Waals surface area contributed by atoms with Crippen molar-refractivity contribution in [3.05, 3.63) is 0 Å². The second-order valence-electron chi connectivity index (χ2n) is 2.78. The Kier molecular flexibility index (Phi) is 14.4. The molecule has 0 aromatic heterocycles. The minimum atomic E-state index is -0.958. The van der Waals surface area contributed by atoms with Gasteiger partial charge in [0.15, 0.2) is 0 Å². The summed E-state index contributed by atoms with van der Waals surface area (Å²) in [6.45, 7) is 0. The number of rotatable bonds is 7. The van der Waals surface area contributed by atoms with E-state index in [9.17, 15) is 9.90 Å². The number of carbonyl (C=O) groups is 1. The topological polar surface area (TPSA) is 40.1 Å². The average molecular weight is 230 g/mol. The first-order valence-corrected chi connectivity index (χ1v) is 5.30. The van der Waals surface area contributed by atoms with Crippen molar-refractivity contribution >= 4 is 31.2 Å². The molecule has 0 aliphatic carbocycles. The summed E-state index contributed by atoms with van der Waals surface area (Å²) in [4.78, 5) is 10.0. The van der Waals surface area contributed by atoms with Gasteiger partial charge in [-0.25, -0.2) is 0 Å². The van der Waals surface area contributed by atoms with Crippen molar-refractivity contribution in [2.24, 2.45) is 0 Å². The van der Waals surface area contributed by atoms with Crippen LogP contribution in [0.25, 0.3) is 0 Å². The Balaban J connectivity index is 0. The molecule has 5 heteroatoms. The van der Waals surface area contributed by atoms with Crippen molar-refractivity contribution in [2.45, 2.75) is 37.4 Å². The standard InChI is InChI=1S/C8H16O2S2.Na/c9-8(10)4-2-1-3-7(12)5-6-11;/h7,11-12H,1-6H2,(H,9,10);/q;+1/p-1/t7-;/m0./s1. The Morgan fingerprint density at radius 2 is 1.92 bits per heavy atom. The minimum Gasteiger partial charge on any atom is -0.550 e. The van der Waals surface area contributed by atoms with Gasteiger partial charge in [0.2, 0.25) is 0 Å². The summed E-state index contributed by atoms with van der Waals surface area (Å²) in [5, 5.41) is 10.4. The van der Waals surface area contributed by atoms with Crippen LogP contribution in [-0.2, 0) is 4.79 Å². The Morgan fingerprint density at radius 1 is 1.31 bits per heavy atom. The summed E-state index contributed by atoms with van der Waals surface area (Å²) in [6.07, 6.45) is 3.73. The zero-order chi connectivity index (χ0) is 9.40. The summed E-state index contributed by atoms with van der Waals surface area (Å²) in [7, 11) is 0. The molecule has 0 N–H and O–H groups in total. The average Bonchev–Trinajstić information content (AvgIpc) is 1.98. The van der Waals surface area contributed by atoms with E-state index in [1.54, 1.807) is 0 Å². The molecule has 0 aromatic carbocycles. The fourth-order valence-electron chi connectivity index (χ4n) is 0.943. The fourth-order valence-corrected chi connectivity index (χ4v) is 1.77. The number of carbonyl (C=O) groups excluding carboxylic acids is 1. The van der Waals surface area contributed by atoms with Crippen molar-refractivity contribution in [1.29, 1.82) is 0 Å². The second kappa shape index (κ2) is 11.2. The molecule has 0 saturated carbocycles. The van der Waals surface area contributed by atoms with Gasteiger partial charge < -0.3 is 9.90 Å². The van der Waals surface area contributed by atoms with Crippen molar-refractivity contribution < 1.29 is 39.5 Å². The zero-order valence-corrected chi connectivity index (χ0v) is 11.8. The first kappa shape index (κ1) is 16.6. The van der Waals surface area contributed by atoms with Crippen molar-refractivity contribution in [1.82, 2.24) is 0 Å². The molecule has 1 atom stereocenters. The number of thiol groups is 2. The van der Waals surface area contributed by atoms with Crippen LogP contribution in [0.5, 0.6) is 0 Å². The van der Waals surface area contributed by atoms with Gasteiger partial charge in [0, 0.05) is 11.2 Å². The molecule has 0 unspecified atom stereocenters. The van der Waals surface area contributed by atoms with E-state index in [4.69, 9.17) is 0 Å². The maximum absolute atomic E-state index is 10.0. The first-order valence-electron chi connectivity index (χ1n) is 4.15. The molecule has 13 heavy (non-hydrogen) atoms. The number of hydrogen-bond donors (Lipinski definition) is 2. The Bertz CT molecular complexity index is 133. The Labute approximate surface area is 113 Å². The molecule has 0 heterocycles. The van der Waals surface area contributed by atoms with Gasteiger partial charge in [-0.3, -0.25) is 0 Å². The van der Waals surface area contributed by atoms with E-state index in [-0.39, 0.29) is 36.0 Å². The summed E-state index contributed by atoms with van der Waals surface area (Å²) < 4.78 is 0. The van der Waals surface area contributed by atoms with Gasteiger partial charge >= 0.3 is 29.6 Å². The molecule has 72 valence electrons. The zero-order valence-electron chi connectivity index (χ0n) is 8.03. The molecular weight excluding hydrogens is 215 g/mol. The van der Waals surface area contributed by atoms with Crippen LogP contribution < -0.4 is 34.7 Å². The minimum absolute atomic E-state index is 0. The van der Waals surface area contributed by atoms with E-state index in [1.807, 2.05) is 0 Å². The van der Waals surface area contributed by atoms with Crippen molar-refractivity contribution in [3.63, 3.8) is 0 Å². The fraction of sp³-hybridized carbons (Fsp3) is 0.875. The van der Waals surface area contributed by atoms with Gasteiger partial charge in [0.25, 0.3) is 0 Å². The van der Waals surface area contributed by atoms with Crippen molar-refractivity contribution in [3.8, 4) is 0 Å². The van der Waals surface area contributed by atoms with E-state index in [0.717, 1.165) is 25.0 Å². The van der Waals surface area contributed by atoms with Crippen LogP contribution in [-0.4, -0.2) is 17.0 Å². The molecule has 0 aromatic rings. The predicted molar refractivity (Wildman–Crippen MR) is 54.7 cm³/mol. The third-order valence-electron chi connectivity index (χ3n) is 1.63. The van der Waals surface area contributed by atoms with Crippen molar-refractivity contribution in [2.75, 3.05) is 5.75 Å². The van der Waals surface area contributed by atoms with E-state index in [1.165, 1.54) is 0 Å². The van der Waals surface area contributed by atoms with Crippen LogP contribution in [0.4, 0.5) is 0 Å². The second-order valence-corrected chi connectivity index (χ2v) is 3.96. The van der Waals surface area contributed by atoms with Crippen LogP contribution >= 0.6 is 25.3 Å². The van der Waals surface area contributed by atoms with Gasteiger partial charge in [0.05, 0.1) is 0 Å². The first-order chi connectivity index (χ1) is 5.66. The molecule has 0 aliphatic rings. The maximum Gasteiger partial charge on any atom is 1.00 e. The van der Waals surface area contributed by atoms with Crippen LogP contribution in [0.2, 0.25) is 0 Å². The van der Waals surface area contributed by atoms with Gasteiger partial charge in [-0.2, -0.15) is 25.3 Å². The predicted octanol–water partition coefficient (Wildman–Crippen LogP) is -2.08. The molecule has 0 aliphatic heterocycles. The van der Waals surface area contributed by atoms with Crippen LogP contribution in [0.3, 0.4) is 0 Å². The van der Waals surface area contributed by atoms with Gasteiger partial charge in [-0.15, -0.1) is 0 Å². The van der Waals surface area contributed by atoms with Crippen LogP contribution in [0, 0.1) is 0 Å². The largest absolute Gasteiger partial charge is 1.00 e. The van der Waals surface area contributed by atoms with Gasteiger partial charge in [0.1, 0.15) is 0 Å². The summed E-state index contributed by atoms with van der Waals surface area (Å²) >= 11 is 8.41. The van der Waals surface area contributed by atoms with Gasteiger partial charge in [-0.1, -0.05) is 6.42 Å². The molecule has 0 fully saturated rings. The van der Waals surface area contributed by atoms with Gasteiger partial charge in [-0.05, 0) is 31.4 Å². The number of carboxylic acids is 1. The molecule has 0 spiro atoms. The molecule has 0 amide bonds. The SMILES string of the molecule is O=C([O-])CCCC[C@H](S)CCS.[Na+]. The Hall–Kier alpha value is 1.17. The monoisotopic (exact) mass is 230 g/mol. The van der Waals surface area contributed by atoms with E-state index >= 15 is 0 Å². The molecule has 0 bridgehead atoms. The molecular formula is C8H15NaO2S2. The number of aliphatic carboxylic acids is 1. The summed E-state index contributed by atoms with van der Waals surface area (Å²) in [6, 6.07) is 0. The summed E-state index contributed by atoms with van der Waals surface area (Å²) in [5.41, 5.74) is 0.